The summed E-state index contributed by atoms with van der Waals surface area (Å²) in [7, 11) is 0. The fraction of sp³-hybridized carbons (Fsp3) is 0.208. The van der Waals surface area contributed by atoms with Crippen LogP contribution in [-0.4, -0.2) is 63.5 Å². The van der Waals surface area contributed by atoms with Gasteiger partial charge in [0.25, 0.3) is 0 Å². The molecule has 1 aliphatic heterocycles. The third-order valence-electron chi connectivity index (χ3n) is 5.28. The minimum absolute atomic E-state index is 0.0253. The van der Waals surface area contributed by atoms with Crippen molar-refractivity contribution in [2.45, 2.75) is 19.0 Å². The molecule has 0 aliphatic carbocycles. The number of alkyl halides is 3. The second-order valence-corrected chi connectivity index (χ2v) is 8.64. The largest absolute Gasteiger partial charge is 0.438 e. The lowest BCUT2D eigenvalue weighted by atomic mass is 10.2. The Hall–Kier alpha value is -4.59. The number of anilines is 1. The summed E-state index contributed by atoms with van der Waals surface area (Å²) in [5.41, 5.74) is 1.14. The molecule has 1 aliphatic rings. The number of ether oxygens (including phenoxy) is 1. The molecule has 1 unspecified atom stereocenters. The van der Waals surface area contributed by atoms with Crippen molar-refractivity contribution in [2.75, 3.05) is 18.4 Å². The Morgan fingerprint density at radius 3 is 2.44 bits per heavy atom. The third kappa shape index (κ3) is 7.70. The lowest BCUT2D eigenvalue weighted by Crippen LogP contribution is -2.67. The molecule has 2 aromatic carbocycles. The molecule has 0 spiro atoms. The van der Waals surface area contributed by atoms with Crippen molar-refractivity contribution in [1.82, 2.24) is 30.6 Å². The monoisotopic (exact) mass is 563 g/mol. The van der Waals surface area contributed by atoms with Gasteiger partial charge in [0.15, 0.2) is 6.29 Å². The number of halogens is 4. The van der Waals surface area contributed by atoms with Gasteiger partial charge in [-0.1, -0.05) is 23.7 Å². The SMILES string of the molecule is O=C(CN1C(=O)NC(Nc2ccc(Oc3cccnn3)cc2)N(Cc2ccc(Cl)cc2)C1=O)NCC(F)(F)F. The second kappa shape index (κ2) is 11.9. The van der Waals surface area contributed by atoms with E-state index < -0.39 is 43.5 Å². The Morgan fingerprint density at radius 2 is 1.79 bits per heavy atom. The maximum atomic E-state index is 13.3. The van der Waals surface area contributed by atoms with Crippen molar-refractivity contribution in [1.29, 1.82) is 0 Å². The standard InChI is InChI=1S/C24H21ClF3N7O4/c25-16-5-3-15(4-6-16)12-34-21(31-17-7-9-18(10-8-17)39-20-2-1-11-30-33-20)32-22(37)35(23(34)38)13-19(36)29-14-24(26,27)28/h1-11,21,31H,12-14H2,(H,29,36)(H,32,37). The predicted molar refractivity (Wildman–Crippen MR) is 133 cm³/mol. The van der Waals surface area contributed by atoms with E-state index in [-0.39, 0.29) is 12.4 Å². The van der Waals surface area contributed by atoms with E-state index >= 15 is 0 Å². The highest BCUT2D eigenvalue weighted by atomic mass is 35.5. The van der Waals surface area contributed by atoms with Crippen LogP contribution >= 0.6 is 11.6 Å². The summed E-state index contributed by atoms with van der Waals surface area (Å²) in [5.74, 6) is -0.400. The summed E-state index contributed by atoms with van der Waals surface area (Å²) >= 11 is 5.94. The summed E-state index contributed by atoms with van der Waals surface area (Å²) in [6.07, 6.45) is -4.21. The van der Waals surface area contributed by atoms with E-state index in [0.717, 1.165) is 0 Å². The van der Waals surface area contributed by atoms with E-state index in [9.17, 15) is 27.6 Å². The number of carbonyl (C=O) groups is 3. The number of nitrogens with zero attached hydrogens (tertiary/aromatic N) is 4. The summed E-state index contributed by atoms with van der Waals surface area (Å²) in [5, 5.41) is 15.3. The molecular formula is C24H21ClF3N7O4. The first-order valence-electron chi connectivity index (χ1n) is 11.4. The number of imide groups is 1. The number of rotatable bonds is 9. The Labute approximate surface area is 224 Å². The molecule has 2 heterocycles. The zero-order valence-electron chi connectivity index (χ0n) is 20.0. The number of nitrogens with one attached hydrogen (secondary N) is 3. The maximum absolute atomic E-state index is 13.3. The van der Waals surface area contributed by atoms with E-state index in [1.807, 2.05) is 0 Å². The fourth-order valence-corrected chi connectivity index (χ4v) is 3.59. The molecule has 5 amide bonds. The Balaban J connectivity index is 1.49. The van der Waals surface area contributed by atoms with Crippen LogP contribution in [0, 0.1) is 0 Å². The number of benzene rings is 2. The minimum Gasteiger partial charge on any atom is -0.438 e. The van der Waals surface area contributed by atoms with Crippen LogP contribution in [0.5, 0.6) is 11.6 Å². The molecule has 1 atom stereocenters. The summed E-state index contributed by atoms with van der Waals surface area (Å²) in [6.45, 7) is -2.52. The Bertz CT molecular complexity index is 1310. The minimum atomic E-state index is -4.64. The van der Waals surface area contributed by atoms with E-state index in [0.29, 0.717) is 26.9 Å². The number of hydrogen-bond acceptors (Lipinski definition) is 7. The second-order valence-electron chi connectivity index (χ2n) is 8.20. The first kappa shape index (κ1) is 27.4. The molecule has 204 valence electrons. The number of aromatic nitrogens is 2. The number of amides is 5. The van der Waals surface area contributed by atoms with Gasteiger partial charge in [0.2, 0.25) is 11.8 Å². The normalized spacial score (nSPS) is 15.5. The van der Waals surface area contributed by atoms with Gasteiger partial charge < -0.3 is 15.4 Å². The van der Waals surface area contributed by atoms with Gasteiger partial charge in [0.1, 0.15) is 18.8 Å². The van der Waals surface area contributed by atoms with Gasteiger partial charge in [-0.3, -0.25) is 15.0 Å². The highest BCUT2D eigenvalue weighted by Crippen LogP contribution is 2.23. The Morgan fingerprint density at radius 1 is 1.08 bits per heavy atom. The molecule has 1 fully saturated rings. The lowest BCUT2D eigenvalue weighted by molar-refractivity contribution is -0.138. The molecule has 15 heteroatoms. The van der Waals surface area contributed by atoms with E-state index in [1.165, 1.54) is 11.1 Å². The van der Waals surface area contributed by atoms with Crippen molar-refractivity contribution < 1.29 is 32.3 Å². The van der Waals surface area contributed by atoms with E-state index in [1.54, 1.807) is 66.0 Å². The van der Waals surface area contributed by atoms with Gasteiger partial charge in [-0.25, -0.2) is 14.5 Å². The van der Waals surface area contributed by atoms with Crippen LogP contribution in [0.3, 0.4) is 0 Å². The summed E-state index contributed by atoms with van der Waals surface area (Å²) < 4.78 is 43.0. The van der Waals surface area contributed by atoms with Crippen molar-refractivity contribution >= 4 is 35.3 Å². The quantitative estimate of drug-likeness (QED) is 0.360. The van der Waals surface area contributed by atoms with Gasteiger partial charge in [-0.05, 0) is 48.0 Å². The zero-order valence-corrected chi connectivity index (χ0v) is 20.7. The highest BCUT2D eigenvalue weighted by molar-refractivity contribution is 6.30. The van der Waals surface area contributed by atoms with Crippen LogP contribution in [0.25, 0.3) is 0 Å². The van der Waals surface area contributed by atoms with Crippen LogP contribution in [-0.2, 0) is 11.3 Å². The molecule has 0 bridgehead atoms. The average Bonchev–Trinajstić information content (AvgIpc) is 2.90. The van der Waals surface area contributed by atoms with Crippen LogP contribution in [0.15, 0.2) is 66.9 Å². The molecule has 39 heavy (non-hydrogen) atoms. The molecule has 3 aromatic rings. The third-order valence-corrected chi connectivity index (χ3v) is 5.53. The summed E-state index contributed by atoms with van der Waals surface area (Å²) in [4.78, 5) is 39.8. The molecule has 0 saturated carbocycles. The van der Waals surface area contributed by atoms with E-state index in [2.05, 4.69) is 20.8 Å². The van der Waals surface area contributed by atoms with E-state index in [4.69, 9.17) is 16.3 Å². The Kier molecular flexibility index (Phi) is 8.34. The van der Waals surface area contributed by atoms with Crippen LogP contribution in [0.1, 0.15) is 5.56 Å². The number of hydrogen-bond donors (Lipinski definition) is 3. The average molecular weight is 564 g/mol. The van der Waals surface area contributed by atoms with Gasteiger partial charge in [-0.15, -0.1) is 5.10 Å². The molecule has 11 nitrogen and oxygen atoms in total. The zero-order chi connectivity index (χ0) is 28.0. The highest BCUT2D eigenvalue weighted by Gasteiger charge is 2.40. The number of carbonyl (C=O) groups excluding carboxylic acids is 3. The molecule has 3 N–H and O–H groups in total. The van der Waals surface area contributed by atoms with Gasteiger partial charge in [0.05, 0.1) is 6.54 Å². The molecular weight excluding hydrogens is 543 g/mol. The topological polar surface area (TPSA) is 129 Å². The van der Waals surface area contributed by atoms with Crippen LogP contribution in [0.4, 0.5) is 28.4 Å². The fourth-order valence-electron chi connectivity index (χ4n) is 3.46. The maximum Gasteiger partial charge on any atom is 0.405 e. The van der Waals surface area contributed by atoms with Gasteiger partial charge in [-0.2, -0.15) is 18.3 Å². The van der Waals surface area contributed by atoms with Crippen molar-refractivity contribution in [2.24, 2.45) is 0 Å². The van der Waals surface area contributed by atoms with Crippen molar-refractivity contribution in [3.05, 3.63) is 77.4 Å². The van der Waals surface area contributed by atoms with Gasteiger partial charge in [0, 0.05) is 23.0 Å². The van der Waals surface area contributed by atoms with Crippen LogP contribution < -0.4 is 20.7 Å². The molecule has 1 aromatic heterocycles. The first-order chi connectivity index (χ1) is 18.6. The van der Waals surface area contributed by atoms with Crippen molar-refractivity contribution in [3.63, 3.8) is 0 Å². The lowest BCUT2D eigenvalue weighted by Gasteiger charge is -2.41. The molecule has 0 radical (unpaired) electrons. The number of urea groups is 2. The van der Waals surface area contributed by atoms with Crippen LogP contribution in [0.2, 0.25) is 5.02 Å². The predicted octanol–water partition coefficient (Wildman–Crippen LogP) is 3.94. The van der Waals surface area contributed by atoms with Crippen molar-refractivity contribution in [3.8, 4) is 11.6 Å². The molecule has 4 rings (SSSR count). The smallest absolute Gasteiger partial charge is 0.405 e. The molecule has 1 saturated heterocycles. The van der Waals surface area contributed by atoms with Gasteiger partial charge >= 0.3 is 18.2 Å². The summed E-state index contributed by atoms with van der Waals surface area (Å²) in [6, 6.07) is 14.5. The first-order valence-corrected chi connectivity index (χ1v) is 11.7.